The van der Waals surface area contributed by atoms with E-state index in [1.165, 1.54) is 6.42 Å². The van der Waals surface area contributed by atoms with Crippen molar-refractivity contribution in [3.05, 3.63) is 0 Å². The van der Waals surface area contributed by atoms with Gasteiger partial charge in [-0.2, -0.15) is 0 Å². The molecule has 0 aromatic carbocycles. The van der Waals surface area contributed by atoms with Gasteiger partial charge < -0.3 is 23.7 Å². The average Bonchev–Trinajstić information content (AvgIpc) is 2.74. The van der Waals surface area contributed by atoms with Crippen molar-refractivity contribution in [2.24, 2.45) is 10.8 Å². The van der Waals surface area contributed by atoms with Crippen LogP contribution >= 0.6 is 0 Å². The summed E-state index contributed by atoms with van der Waals surface area (Å²) in [7, 11) is 1.73. The highest BCUT2D eigenvalue weighted by atomic mass is 16.6. The van der Waals surface area contributed by atoms with Gasteiger partial charge in [0.1, 0.15) is 0 Å². The summed E-state index contributed by atoms with van der Waals surface area (Å²) in [5, 5.41) is 0. The summed E-state index contributed by atoms with van der Waals surface area (Å²) in [4.78, 5) is 2.31. The van der Waals surface area contributed by atoms with Crippen molar-refractivity contribution in [1.82, 2.24) is 4.90 Å². The Hall–Kier alpha value is -0.240. The number of rotatable bonds is 21. The lowest BCUT2D eigenvalue weighted by molar-refractivity contribution is -0.0194. The minimum Gasteiger partial charge on any atom is -0.383 e. The van der Waals surface area contributed by atoms with Crippen molar-refractivity contribution in [3.8, 4) is 0 Å². The maximum atomic E-state index is 5.82. The van der Waals surface area contributed by atoms with Crippen LogP contribution in [0.1, 0.15) is 68.2 Å². The zero-order valence-electron chi connectivity index (χ0n) is 22.4. The molecule has 0 heterocycles. The van der Waals surface area contributed by atoms with Crippen LogP contribution in [-0.4, -0.2) is 91.1 Å². The first-order valence-corrected chi connectivity index (χ1v) is 12.3. The summed E-state index contributed by atoms with van der Waals surface area (Å²) >= 11 is 0. The molecule has 0 amide bonds. The molecular weight excluding hydrogens is 394 g/mol. The fourth-order valence-corrected chi connectivity index (χ4v) is 3.32. The minimum atomic E-state index is 0.195. The summed E-state index contributed by atoms with van der Waals surface area (Å²) in [6, 6.07) is 0. The van der Waals surface area contributed by atoms with E-state index in [0.717, 1.165) is 45.9 Å². The van der Waals surface area contributed by atoms with E-state index in [9.17, 15) is 0 Å². The van der Waals surface area contributed by atoms with Crippen LogP contribution in [0.15, 0.2) is 0 Å². The van der Waals surface area contributed by atoms with E-state index in [0.29, 0.717) is 45.1 Å². The largest absolute Gasteiger partial charge is 0.383 e. The third-order valence-electron chi connectivity index (χ3n) is 5.13. The van der Waals surface area contributed by atoms with Gasteiger partial charge in [-0.25, -0.2) is 0 Å². The summed E-state index contributed by atoms with van der Waals surface area (Å²) in [6.45, 7) is 26.4. The molecule has 0 aromatic heterocycles. The molecule has 0 bridgehead atoms. The lowest BCUT2D eigenvalue weighted by Crippen LogP contribution is -2.31. The van der Waals surface area contributed by atoms with Crippen LogP contribution in [0.25, 0.3) is 0 Å². The Morgan fingerprint density at radius 1 is 0.613 bits per heavy atom. The van der Waals surface area contributed by atoms with Crippen molar-refractivity contribution in [3.63, 3.8) is 0 Å². The van der Waals surface area contributed by atoms with Gasteiger partial charge in [0.2, 0.25) is 0 Å². The fraction of sp³-hybridized carbons (Fsp3) is 1.00. The van der Waals surface area contributed by atoms with Crippen LogP contribution in [0, 0.1) is 10.8 Å². The lowest BCUT2D eigenvalue weighted by atomic mass is 9.74. The van der Waals surface area contributed by atoms with Gasteiger partial charge in [-0.1, -0.05) is 61.8 Å². The van der Waals surface area contributed by atoms with Crippen LogP contribution in [0.2, 0.25) is 0 Å². The van der Waals surface area contributed by atoms with Gasteiger partial charge in [0.25, 0.3) is 0 Å². The topological polar surface area (TPSA) is 49.4 Å². The Morgan fingerprint density at radius 3 is 1.52 bits per heavy atom. The van der Waals surface area contributed by atoms with E-state index in [2.05, 4.69) is 46.4 Å². The molecule has 31 heavy (non-hydrogen) atoms. The minimum absolute atomic E-state index is 0.195. The molecule has 0 atom stereocenters. The number of ether oxygens (including phenoxy) is 5. The van der Waals surface area contributed by atoms with E-state index in [4.69, 9.17) is 23.7 Å². The summed E-state index contributed by atoms with van der Waals surface area (Å²) in [5.41, 5.74) is 0.560. The molecular formula is C25H55NO5. The Kier molecular flexibility index (Phi) is 22.9. The normalized spacial score (nSPS) is 12.2. The molecule has 6 nitrogen and oxygen atoms in total. The fourth-order valence-electron chi connectivity index (χ4n) is 3.32. The third kappa shape index (κ3) is 22.7. The highest BCUT2D eigenvalue weighted by Crippen LogP contribution is 2.35. The van der Waals surface area contributed by atoms with Crippen LogP contribution in [0.3, 0.4) is 0 Å². The van der Waals surface area contributed by atoms with Crippen molar-refractivity contribution in [2.75, 3.05) is 86.2 Å². The zero-order valence-corrected chi connectivity index (χ0v) is 22.4. The molecule has 0 saturated heterocycles. The predicted octanol–water partition coefficient (Wildman–Crippen LogP) is 4.90. The van der Waals surface area contributed by atoms with E-state index in [-0.39, 0.29) is 5.41 Å². The molecule has 0 spiro atoms. The van der Waals surface area contributed by atoms with Crippen molar-refractivity contribution >= 4 is 0 Å². The molecule has 6 heteroatoms. The molecule has 0 N–H and O–H groups in total. The Bertz CT molecular complexity index is 364. The first-order valence-electron chi connectivity index (χ1n) is 12.3. The maximum absolute atomic E-state index is 5.82. The second-order valence-electron chi connectivity index (χ2n) is 9.18. The summed E-state index contributed by atoms with van der Waals surface area (Å²) in [5.74, 6) is 0. The molecule has 0 rings (SSSR count). The van der Waals surface area contributed by atoms with Crippen molar-refractivity contribution in [1.29, 1.82) is 0 Å². The second kappa shape index (κ2) is 21.6. The van der Waals surface area contributed by atoms with Crippen molar-refractivity contribution < 1.29 is 23.7 Å². The molecule has 0 saturated carbocycles. The first-order chi connectivity index (χ1) is 14.8. The quantitative estimate of drug-likeness (QED) is 0.232. The van der Waals surface area contributed by atoms with Crippen molar-refractivity contribution in [2.45, 2.75) is 68.2 Å². The molecule has 0 fully saturated rings. The molecule has 0 radical (unpaired) electrons. The number of nitrogens with zero attached hydrogens (tertiary/aromatic N) is 1. The van der Waals surface area contributed by atoms with Crippen LogP contribution in [0.4, 0.5) is 0 Å². The number of methoxy groups -OCH3 is 1. The smallest absolute Gasteiger partial charge is 0.0701 e. The first kappa shape index (κ1) is 32.9. The molecule has 0 aliphatic heterocycles. The van der Waals surface area contributed by atoms with E-state index < -0.39 is 0 Å². The van der Waals surface area contributed by atoms with E-state index in [1.54, 1.807) is 7.11 Å². The Labute approximate surface area is 194 Å². The molecule has 190 valence electrons. The second-order valence-corrected chi connectivity index (χ2v) is 9.18. The molecule has 0 aromatic rings. The van der Waals surface area contributed by atoms with E-state index in [1.807, 2.05) is 13.8 Å². The standard InChI is InChI=1S/C23H49NO5.C2H6/c1-8-22(3,4)20-23(5,6)21-29-19-18-28-17-16-27-15-14-26-13-11-24(9-2)10-12-25-7;1-2/h8-21H2,1-7H3;1-2H3. The Balaban J connectivity index is 0. The number of hydrogen-bond donors (Lipinski definition) is 0. The number of hydrogen-bond acceptors (Lipinski definition) is 6. The zero-order chi connectivity index (χ0) is 24.0. The van der Waals surface area contributed by atoms with Crippen LogP contribution in [-0.2, 0) is 23.7 Å². The number of likely N-dealkylation sites (N-methyl/N-ethyl adjacent to an activating group) is 1. The van der Waals surface area contributed by atoms with Gasteiger partial charge in [0.15, 0.2) is 0 Å². The van der Waals surface area contributed by atoms with Gasteiger partial charge in [-0.15, -0.1) is 0 Å². The van der Waals surface area contributed by atoms with Gasteiger partial charge in [-0.05, 0) is 23.8 Å². The predicted molar refractivity (Wildman–Crippen MR) is 131 cm³/mol. The lowest BCUT2D eigenvalue weighted by Gasteiger charge is -2.34. The molecule has 0 unspecified atom stereocenters. The summed E-state index contributed by atoms with van der Waals surface area (Å²) in [6.07, 6.45) is 2.35. The SMILES string of the molecule is CC.CCN(CCOC)CCOCCOCCOCCOCC(C)(C)CC(C)(C)CC. The maximum Gasteiger partial charge on any atom is 0.0701 e. The highest BCUT2D eigenvalue weighted by Gasteiger charge is 2.27. The van der Waals surface area contributed by atoms with E-state index >= 15 is 0 Å². The molecule has 0 aliphatic carbocycles. The van der Waals surface area contributed by atoms with Crippen LogP contribution < -0.4 is 0 Å². The van der Waals surface area contributed by atoms with Gasteiger partial charge in [0, 0.05) is 20.2 Å². The summed E-state index contributed by atoms with van der Waals surface area (Å²) < 4.78 is 27.6. The highest BCUT2D eigenvalue weighted by molar-refractivity contribution is 4.78. The third-order valence-corrected chi connectivity index (χ3v) is 5.13. The van der Waals surface area contributed by atoms with Gasteiger partial charge >= 0.3 is 0 Å². The average molecular weight is 450 g/mol. The van der Waals surface area contributed by atoms with Crippen LogP contribution in [0.5, 0.6) is 0 Å². The Morgan fingerprint density at radius 2 is 1.06 bits per heavy atom. The van der Waals surface area contributed by atoms with Gasteiger partial charge in [0.05, 0.1) is 59.5 Å². The molecule has 0 aliphatic rings. The monoisotopic (exact) mass is 449 g/mol. The van der Waals surface area contributed by atoms with Gasteiger partial charge in [-0.3, -0.25) is 4.90 Å².